The van der Waals surface area contributed by atoms with Gasteiger partial charge < -0.3 is 5.32 Å². The zero-order valence-electron chi connectivity index (χ0n) is 11.1. The van der Waals surface area contributed by atoms with Crippen LogP contribution in [0.1, 0.15) is 51.9 Å². The third-order valence-electron chi connectivity index (χ3n) is 4.14. The highest BCUT2D eigenvalue weighted by molar-refractivity contribution is 7.91. The molecule has 1 atom stereocenters. The molecule has 4 nitrogen and oxygen atoms in total. The smallest absolute Gasteiger partial charge is 0.220 e. The molecule has 0 aromatic carbocycles. The van der Waals surface area contributed by atoms with Crippen LogP contribution in [-0.4, -0.2) is 31.4 Å². The Balaban J connectivity index is 1.84. The zero-order valence-corrected chi connectivity index (χ0v) is 11.9. The van der Waals surface area contributed by atoms with E-state index in [0.29, 0.717) is 18.8 Å². The van der Waals surface area contributed by atoms with E-state index in [4.69, 9.17) is 0 Å². The summed E-state index contributed by atoms with van der Waals surface area (Å²) in [6.45, 7) is 1.84. The van der Waals surface area contributed by atoms with Gasteiger partial charge in [-0.3, -0.25) is 4.79 Å². The van der Waals surface area contributed by atoms with Crippen LogP contribution < -0.4 is 5.32 Å². The number of nitrogens with one attached hydrogen (secondary N) is 1. The number of hydrogen-bond acceptors (Lipinski definition) is 3. The van der Waals surface area contributed by atoms with Gasteiger partial charge in [0.05, 0.1) is 17.0 Å². The van der Waals surface area contributed by atoms with Gasteiger partial charge in [-0.1, -0.05) is 19.3 Å². The third kappa shape index (κ3) is 3.70. The van der Waals surface area contributed by atoms with Crippen LogP contribution in [0.25, 0.3) is 0 Å². The van der Waals surface area contributed by atoms with Crippen molar-refractivity contribution in [2.45, 2.75) is 57.4 Å². The van der Waals surface area contributed by atoms with E-state index < -0.39 is 15.4 Å². The van der Waals surface area contributed by atoms with Crippen molar-refractivity contribution in [2.75, 3.05) is 11.5 Å². The van der Waals surface area contributed by atoms with Gasteiger partial charge in [0.2, 0.25) is 5.91 Å². The minimum Gasteiger partial charge on any atom is -0.350 e. The summed E-state index contributed by atoms with van der Waals surface area (Å²) >= 11 is 0. The number of rotatable bonds is 3. The molecule has 0 spiro atoms. The van der Waals surface area contributed by atoms with Crippen molar-refractivity contribution in [1.29, 1.82) is 0 Å². The average molecular weight is 273 g/mol. The number of sulfone groups is 1. The number of carbonyl (C=O) groups excluding carboxylic acids is 1. The Labute approximate surface area is 109 Å². The molecular weight excluding hydrogens is 250 g/mol. The van der Waals surface area contributed by atoms with E-state index in [1.165, 1.54) is 19.3 Å². The van der Waals surface area contributed by atoms with Crippen LogP contribution in [0, 0.1) is 5.92 Å². The normalized spacial score (nSPS) is 32.3. The quantitative estimate of drug-likeness (QED) is 0.850. The van der Waals surface area contributed by atoms with Gasteiger partial charge in [0.15, 0.2) is 9.84 Å². The highest BCUT2D eigenvalue weighted by atomic mass is 32.2. The lowest BCUT2D eigenvalue weighted by molar-refractivity contribution is -0.123. The van der Waals surface area contributed by atoms with Gasteiger partial charge in [-0.15, -0.1) is 0 Å². The molecule has 0 aromatic heterocycles. The molecule has 1 unspecified atom stereocenters. The lowest BCUT2D eigenvalue weighted by Crippen LogP contribution is -2.47. The topological polar surface area (TPSA) is 63.2 Å². The van der Waals surface area contributed by atoms with E-state index in [1.54, 1.807) is 0 Å². The first-order valence-electron chi connectivity index (χ1n) is 6.90. The van der Waals surface area contributed by atoms with Gasteiger partial charge in [0, 0.05) is 6.42 Å². The second kappa shape index (κ2) is 5.19. The van der Waals surface area contributed by atoms with Gasteiger partial charge in [0.25, 0.3) is 0 Å². The van der Waals surface area contributed by atoms with Crippen LogP contribution in [0.2, 0.25) is 0 Å². The molecule has 18 heavy (non-hydrogen) atoms. The lowest BCUT2D eigenvalue weighted by Gasteiger charge is -2.26. The first-order valence-corrected chi connectivity index (χ1v) is 8.72. The van der Waals surface area contributed by atoms with Gasteiger partial charge >= 0.3 is 0 Å². The molecule has 1 saturated heterocycles. The Morgan fingerprint density at radius 1 is 1.28 bits per heavy atom. The molecule has 0 bridgehead atoms. The van der Waals surface area contributed by atoms with Crippen molar-refractivity contribution in [3.05, 3.63) is 0 Å². The van der Waals surface area contributed by atoms with E-state index in [2.05, 4.69) is 5.32 Å². The standard InChI is InChI=1S/C13H23NO3S/c1-13(7-8-18(16,17)10-13)14-12(15)9-11-5-3-2-4-6-11/h11H,2-10H2,1H3,(H,14,15). The second-order valence-corrected chi connectivity index (χ2v) is 8.34. The molecule has 2 rings (SSSR count). The summed E-state index contributed by atoms with van der Waals surface area (Å²) in [4.78, 5) is 12.0. The van der Waals surface area contributed by atoms with Crippen LogP contribution in [0.5, 0.6) is 0 Å². The van der Waals surface area contributed by atoms with Crippen LogP contribution in [0.4, 0.5) is 0 Å². The van der Waals surface area contributed by atoms with Gasteiger partial charge in [0.1, 0.15) is 0 Å². The van der Waals surface area contributed by atoms with Crippen LogP contribution in [0.15, 0.2) is 0 Å². The SMILES string of the molecule is CC1(NC(=O)CC2CCCCC2)CCS(=O)(=O)C1. The summed E-state index contributed by atoms with van der Waals surface area (Å²) in [5.74, 6) is 0.825. The Morgan fingerprint density at radius 2 is 1.94 bits per heavy atom. The minimum atomic E-state index is -2.95. The number of hydrogen-bond donors (Lipinski definition) is 1. The van der Waals surface area contributed by atoms with Crippen molar-refractivity contribution in [3.8, 4) is 0 Å². The van der Waals surface area contributed by atoms with E-state index in [1.807, 2.05) is 6.92 Å². The van der Waals surface area contributed by atoms with E-state index in [9.17, 15) is 13.2 Å². The monoisotopic (exact) mass is 273 g/mol. The predicted molar refractivity (Wildman–Crippen MR) is 71.0 cm³/mol. The summed E-state index contributed by atoms with van der Waals surface area (Å²) < 4.78 is 22.9. The van der Waals surface area contributed by atoms with Crippen LogP contribution in [0.3, 0.4) is 0 Å². The predicted octanol–water partition coefficient (Wildman–Crippen LogP) is 1.65. The molecule has 1 heterocycles. The summed E-state index contributed by atoms with van der Waals surface area (Å²) in [7, 11) is -2.95. The van der Waals surface area contributed by atoms with Gasteiger partial charge in [-0.2, -0.15) is 0 Å². The van der Waals surface area contributed by atoms with Crippen molar-refractivity contribution in [1.82, 2.24) is 5.32 Å². The van der Waals surface area contributed by atoms with E-state index in [-0.39, 0.29) is 17.4 Å². The molecule has 1 N–H and O–H groups in total. The molecule has 0 radical (unpaired) electrons. The number of amides is 1. The van der Waals surface area contributed by atoms with Crippen LogP contribution in [-0.2, 0) is 14.6 Å². The summed E-state index contributed by atoms with van der Waals surface area (Å²) in [6, 6.07) is 0. The molecule has 104 valence electrons. The first kappa shape index (κ1) is 13.8. The van der Waals surface area contributed by atoms with Crippen molar-refractivity contribution >= 4 is 15.7 Å². The molecule has 0 aromatic rings. The molecule has 1 aliphatic heterocycles. The summed E-state index contributed by atoms with van der Waals surface area (Å²) in [5, 5.41) is 2.94. The molecule has 1 amide bonds. The van der Waals surface area contributed by atoms with E-state index in [0.717, 1.165) is 12.8 Å². The van der Waals surface area contributed by atoms with Crippen molar-refractivity contribution in [3.63, 3.8) is 0 Å². The van der Waals surface area contributed by atoms with E-state index >= 15 is 0 Å². The fraction of sp³-hybridized carbons (Fsp3) is 0.923. The maximum absolute atomic E-state index is 12.0. The van der Waals surface area contributed by atoms with Crippen molar-refractivity contribution in [2.24, 2.45) is 5.92 Å². The Bertz CT molecular complexity index is 412. The molecule has 5 heteroatoms. The fourth-order valence-electron chi connectivity index (χ4n) is 3.15. The maximum atomic E-state index is 12.0. The molecular formula is C13H23NO3S. The zero-order chi connectivity index (χ0) is 13.2. The van der Waals surface area contributed by atoms with Gasteiger partial charge in [-0.05, 0) is 32.1 Å². The molecule has 1 aliphatic carbocycles. The summed E-state index contributed by atoms with van der Waals surface area (Å²) in [6.07, 6.45) is 7.13. The Hall–Kier alpha value is -0.580. The molecule has 2 fully saturated rings. The third-order valence-corrected chi connectivity index (χ3v) is 6.05. The van der Waals surface area contributed by atoms with Crippen LogP contribution >= 0.6 is 0 Å². The lowest BCUT2D eigenvalue weighted by atomic mass is 9.86. The first-order chi connectivity index (χ1) is 8.39. The second-order valence-electron chi connectivity index (χ2n) is 6.16. The Kier molecular flexibility index (Phi) is 3.99. The molecule has 1 saturated carbocycles. The highest BCUT2D eigenvalue weighted by Gasteiger charge is 2.39. The minimum absolute atomic E-state index is 0.0292. The number of carbonyl (C=O) groups is 1. The summed E-state index contributed by atoms with van der Waals surface area (Å²) in [5.41, 5.74) is -0.537. The average Bonchev–Trinajstić information content (AvgIpc) is 2.53. The fourth-order valence-corrected chi connectivity index (χ4v) is 5.24. The van der Waals surface area contributed by atoms with Crippen molar-refractivity contribution < 1.29 is 13.2 Å². The largest absolute Gasteiger partial charge is 0.350 e. The van der Waals surface area contributed by atoms with Gasteiger partial charge in [-0.25, -0.2) is 8.42 Å². The molecule has 2 aliphatic rings. The maximum Gasteiger partial charge on any atom is 0.220 e. The Morgan fingerprint density at radius 3 is 2.50 bits per heavy atom. The highest BCUT2D eigenvalue weighted by Crippen LogP contribution is 2.27.